The van der Waals surface area contributed by atoms with Crippen molar-refractivity contribution in [2.24, 2.45) is 5.73 Å². The number of nitrogens with zero attached hydrogens (tertiary/aromatic N) is 1. The van der Waals surface area contributed by atoms with Crippen molar-refractivity contribution in [2.45, 2.75) is 25.8 Å². The molecule has 0 bridgehead atoms. The highest BCUT2D eigenvalue weighted by atomic mass is 16.5. The summed E-state index contributed by atoms with van der Waals surface area (Å²) in [5.74, 6) is 1.86. The van der Waals surface area contributed by atoms with Crippen LogP contribution in [0.1, 0.15) is 24.0 Å². The highest BCUT2D eigenvalue weighted by Crippen LogP contribution is 2.33. The predicted octanol–water partition coefficient (Wildman–Crippen LogP) is 1.78. The maximum Gasteiger partial charge on any atom is 0.161 e. The van der Waals surface area contributed by atoms with E-state index < -0.39 is 0 Å². The van der Waals surface area contributed by atoms with Crippen molar-refractivity contribution in [2.75, 3.05) is 27.3 Å². The number of nitrogens with two attached hydrogens (primary N) is 1. The molecule has 20 heavy (non-hydrogen) atoms. The standard InChI is InChI=1S/C15H23N3O2/c1-19-13-8-11-5-7-18(6-3-4-15(16)17)10-12(11)9-14(13)20-2/h8-9H,3-7,10H2,1-2H3,(H3,16,17). The van der Waals surface area contributed by atoms with Gasteiger partial charge in [0.2, 0.25) is 0 Å². The lowest BCUT2D eigenvalue weighted by molar-refractivity contribution is 0.251. The zero-order valence-corrected chi connectivity index (χ0v) is 12.2. The Kier molecular flexibility index (Phi) is 4.84. The van der Waals surface area contributed by atoms with Crippen molar-refractivity contribution in [3.05, 3.63) is 23.3 Å². The summed E-state index contributed by atoms with van der Waals surface area (Å²) in [7, 11) is 3.33. The van der Waals surface area contributed by atoms with Gasteiger partial charge in [-0.1, -0.05) is 0 Å². The van der Waals surface area contributed by atoms with Crippen LogP contribution in [0.3, 0.4) is 0 Å². The molecule has 0 aromatic heterocycles. The number of hydrogen-bond donors (Lipinski definition) is 2. The summed E-state index contributed by atoms with van der Waals surface area (Å²) >= 11 is 0. The molecule has 0 fully saturated rings. The van der Waals surface area contributed by atoms with Gasteiger partial charge in [0, 0.05) is 19.5 Å². The van der Waals surface area contributed by atoms with Gasteiger partial charge in [-0.25, -0.2) is 0 Å². The molecule has 0 unspecified atom stereocenters. The number of ether oxygens (including phenoxy) is 2. The highest BCUT2D eigenvalue weighted by molar-refractivity contribution is 5.76. The van der Waals surface area contributed by atoms with Crippen molar-refractivity contribution >= 4 is 5.84 Å². The Morgan fingerprint density at radius 2 is 1.90 bits per heavy atom. The summed E-state index contributed by atoms with van der Waals surface area (Å²) in [6.07, 6.45) is 2.64. The molecule has 5 nitrogen and oxygen atoms in total. The van der Waals surface area contributed by atoms with Crippen LogP contribution in [-0.2, 0) is 13.0 Å². The summed E-state index contributed by atoms with van der Waals surface area (Å²) in [5.41, 5.74) is 8.03. The number of hydrogen-bond acceptors (Lipinski definition) is 4. The normalized spacial score (nSPS) is 14.7. The number of methoxy groups -OCH3 is 2. The Balaban J connectivity index is 2.03. The number of rotatable bonds is 6. The predicted molar refractivity (Wildman–Crippen MR) is 79.7 cm³/mol. The van der Waals surface area contributed by atoms with Crippen molar-refractivity contribution < 1.29 is 9.47 Å². The first-order chi connectivity index (χ1) is 9.63. The lowest BCUT2D eigenvalue weighted by atomic mass is 9.98. The van der Waals surface area contributed by atoms with Crippen molar-refractivity contribution in [3.63, 3.8) is 0 Å². The highest BCUT2D eigenvalue weighted by Gasteiger charge is 2.19. The molecular formula is C15H23N3O2. The zero-order chi connectivity index (χ0) is 14.5. The lowest BCUT2D eigenvalue weighted by Crippen LogP contribution is -2.31. The van der Waals surface area contributed by atoms with E-state index in [4.69, 9.17) is 20.6 Å². The van der Waals surface area contributed by atoms with Crippen molar-refractivity contribution in [1.82, 2.24) is 4.90 Å². The van der Waals surface area contributed by atoms with Crippen LogP contribution in [0.5, 0.6) is 11.5 Å². The molecule has 0 saturated carbocycles. The zero-order valence-electron chi connectivity index (χ0n) is 12.2. The number of benzene rings is 1. The van der Waals surface area contributed by atoms with E-state index in [1.54, 1.807) is 14.2 Å². The second-order valence-electron chi connectivity index (χ2n) is 5.13. The van der Waals surface area contributed by atoms with Gasteiger partial charge in [0.15, 0.2) is 11.5 Å². The van der Waals surface area contributed by atoms with Crippen LogP contribution in [-0.4, -0.2) is 38.0 Å². The minimum absolute atomic E-state index is 0.272. The van der Waals surface area contributed by atoms with Gasteiger partial charge in [-0.15, -0.1) is 0 Å². The van der Waals surface area contributed by atoms with Gasteiger partial charge >= 0.3 is 0 Å². The minimum Gasteiger partial charge on any atom is -0.493 e. The first-order valence-corrected chi connectivity index (χ1v) is 6.93. The first-order valence-electron chi connectivity index (χ1n) is 6.93. The number of fused-ring (bicyclic) bond motifs is 1. The number of nitrogens with one attached hydrogen (secondary N) is 1. The molecule has 1 aromatic carbocycles. The largest absolute Gasteiger partial charge is 0.493 e. The van der Waals surface area contributed by atoms with E-state index in [0.29, 0.717) is 6.42 Å². The summed E-state index contributed by atoms with van der Waals surface area (Å²) in [5, 5.41) is 7.26. The maximum absolute atomic E-state index is 7.26. The molecule has 2 rings (SSSR count). The summed E-state index contributed by atoms with van der Waals surface area (Å²) in [4.78, 5) is 2.40. The molecule has 3 N–H and O–H groups in total. The quantitative estimate of drug-likeness (QED) is 0.614. The third-order valence-electron chi connectivity index (χ3n) is 3.72. The Morgan fingerprint density at radius 1 is 1.25 bits per heavy atom. The third-order valence-corrected chi connectivity index (χ3v) is 3.72. The van der Waals surface area contributed by atoms with Crippen molar-refractivity contribution in [1.29, 1.82) is 5.41 Å². The van der Waals surface area contributed by atoms with Crippen LogP contribution >= 0.6 is 0 Å². The maximum atomic E-state index is 7.26. The molecule has 0 radical (unpaired) electrons. The smallest absolute Gasteiger partial charge is 0.161 e. The fraction of sp³-hybridized carbons (Fsp3) is 0.533. The van der Waals surface area contributed by atoms with E-state index in [1.165, 1.54) is 11.1 Å². The van der Waals surface area contributed by atoms with E-state index >= 15 is 0 Å². The van der Waals surface area contributed by atoms with E-state index in [-0.39, 0.29) is 5.84 Å². The third kappa shape index (κ3) is 3.42. The first kappa shape index (κ1) is 14.7. The van der Waals surface area contributed by atoms with E-state index in [0.717, 1.165) is 44.0 Å². The minimum atomic E-state index is 0.272. The molecule has 0 spiro atoms. The molecule has 1 aliphatic rings. The van der Waals surface area contributed by atoms with Crippen LogP contribution in [0.2, 0.25) is 0 Å². The molecule has 0 aliphatic carbocycles. The molecule has 110 valence electrons. The Labute approximate surface area is 120 Å². The fourth-order valence-electron chi connectivity index (χ4n) is 2.63. The van der Waals surface area contributed by atoms with Crippen LogP contribution in [0, 0.1) is 5.41 Å². The molecule has 1 aliphatic heterocycles. The molecule has 0 saturated heterocycles. The van der Waals surface area contributed by atoms with Gasteiger partial charge in [0.05, 0.1) is 20.1 Å². The number of amidine groups is 1. The van der Waals surface area contributed by atoms with E-state index in [2.05, 4.69) is 17.0 Å². The SMILES string of the molecule is COc1cc2c(cc1OC)CN(CCCC(=N)N)CC2. The van der Waals surface area contributed by atoms with Crippen LogP contribution in [0.15, 0.2) is 12.1 Å². The molecular weight excluding hydrogens is 254 g/mol. The van der Waals surface area contributed by atoms with Gasteiger partial charge in [0.1, 0.15) is 0 Å². The van der Waals surface area contributed by atoms with Gasteiger partial charge < -0.3 is 15.2 Å². The fourth-order valence-corrected chi connectivity index (χ4v) is 2.63. The van der Waals surface area contributed by atoms with Gasteiger partial charge in [0.25, 0.3) is 0 Å². The molecule has 5 heteroatoms. The van der Waals surface area contributed by atoms with Gasteiger partial charge in [-0.05, 0) is 42.6 Å². The summed E-state index contributed by atoms with van der Waals surface area (Å²) < 4.78 is 10.7. The lowest BCUT2D eigenvalue weighted by Gasteiger charge is -2.29. The van der Waals surface area contributed by atoms with Crippen molar-refractivity contribution in [3.8, 4) is 11.5 Å². The summed E-state index contributed by atoms with van der Waals surface area (Å²) in [6, 6.07) is 4.16. The van der Waals surface area contributed by atoms with Gasteiger partial charge in [-0.2, -0.15) is 0 Å². The summed E-state index contributed by atoms with van der Waals surface area (Å²) in [6.45, 7) is 2.95. The topological polar surface area (TPSA) is 71.6 Å². The Hall–Kier alpha value is -1.75. The average molecular weight is 277 g/mol. The molecule has 1 heterocycles. The molecule has 0 amide bonds. The monoisotopic (exact) mass is 277 g/mol. The van der Waals surface area contributed by atoms with Crippen LogP contribution < -0.4 is 15.2 Å². The Bertz CT molecular complexity index is 488. The van der Waals surface area contributed by atoms with Crippen LogP contribution in [0.25, 0.3) is 0 Å². The molecule has 1 aromatic rings. The second-order valence-corrected chi connectivity index (χ2v) is 5.13. The molecule has 0 atom stereocenters. The van der Waals surface area contributed by atoms with E-state index in [9.17, 15) is 0 Å². The second kappa shape index (κ2) is 6.61. The van der Waals surface area contributed by atoms with E-state index in [1.807, 2.05) is 0 Å². The average Bonchev–Trinajstić information content (AvgIpc) is 2.45. The Morgan fingerprint density at radius 3 is 2.50 bits per heavy atom. The van der Waals surface area contributed by atoms with Gasteiger partial charge in [-0.3, -0.25) is 10.3 Å². The van der Waals surface area contributed by atoms with Crippen LogP contribution in [0.4, 0.5) is 0 Å².